The van der Waals surface area contributed by atoms with Crippen LogP contribution in [0.1, 0.15) is 24.5 Å². The fourth-order valence-electron chi connectivity index (χ4n) is 3.61. The van der Waals surface area contributed by atoms with Crippen molar-refractivity contribution >= 4 is 44.8 Å². The number of pyridine rings is 1. The maximum Gasteiger partial charge on any atom is 0.325 e. The Morgan fingerprint density at radius 2 is 2.05 bits per heavy atom. The first-order valence-electron chi connectivity index (χ1n) is 11.5. The fraction of sp³-hybridized carbons (Fsp3) is 0.231. The molecule has 0 saturated heterocycles. The minimum atomic E-state index is -0.667. The summed E-state index contributed by atoms with van der Waals surface area (Å²) >= 11 is 1.34. The summed E-state index contributed by atoms with van der Waals surface area (Å²) in [7, 11) is 1.57. The minimum Gasteiger partial charge on any atom is -0.502 e. The van der Waals surface area contributed by atoms with Crippen molar-refractivity contribution in [1.29, 1.82) is 0 Å². The van der Waals surface area contributed by atoms with Crippen molar-refractivity contribution in [2.45, 2.75) is 18.8 Å². The number of urea groups is 1. The number of halogens is 1. The molecule has 11 heteroatoms. The molecule has 0 aliphatic heterocycles. The summed E-state index contributed by atoms with van der Waals surface area (Å²) in [6.07, 6.45) is 3.79. The van der Waals surface area contributed by atoms with Crippen molar-refractivity contribution in [1.82, 2.24) is 9.97 Å². The van der Waals surface area contributed by atoms with Crippen LogP contribution in [-0.2, 0) is 4.74 Å². The maximum atomic E-state index is 14.8. The third-order valence-electron chi connectivity index (χ3n) is 5.60. The van der Waals surface area contributed by atoms with Gasteiger partial charge in [0, 0.05) is 36.1 Å². The number of benzene rings is 2. The highest BCUT2D eigenvalue weighted by Gasteiger charge is 2.26. The molecule has 1 fully saturated rings. The Morgan fingerprint density at radius 3 is 2.81 bits per heavy atom. The van der Waals surface area contributed by atoms with E-state index in [1.807, 2.05) is 5.38 Å². The Hall–Kier alpha value is -4.27. The molecule has 0 bridgehead atoms. The zero-order valence-electron chi connectivity index (χ0n) is 19.8. The summed E-state index contributed by atoms with van der Waals surface area (Å²) in [5.74, 6) is 0.827. The van der Waals surface area contributed by atoms with E-state index in [1.165, 1.54) is 29.5 Å². The highest BCUT2D eigenvalue weighted by atomic mass is 32.1. The second kappa shape index (κ2) is 10.8. The van der Waals surface area contributed by atoms with E-state index in [0.717, 1.165) is 18.5 Å². The SMILES string of the molecule is [C-]#[N+]c1cc2c(Oc3ccc(NC(=O)Nc4nc(C5CC5)cs4)c(F)c3)ccnc2cc1OCCOC. The number of aromatic nitrogens is 2. The lowest BCUT2D eigenvalue weighted by Crippen LogP contribution is -2.20. The summed E-state index contributed by atoms with van der Waals surface area (Å²) in [4.78, 5) is 24.6. The number of hydrogen-bond acceptors (Lipinski definition) is 7. The zero-order valence-corrected chi connectivity index (χ0v) is 20.6. The van der Waals surface area contributed by atoms with Crippen LogP contribution in [0.3, 0.4) is 0 Å². The van der Waals surface area contributed by atoms with Crippen LogP contribution in [-0.4, -0.2) is 36.3 Å². The number of ether oxygens (including phenoxy) is 3. The molecule has 2 heterocycles. The number of fused-ring (bicyclic) bond motifs is 1. The fourth-order valence-corrected chi connectivity index (χ4v) is 4.40. The summed E-state index contributed by atoms with van der Waals surface area (Å²) in [6.45, 7) is 8.17. The first-order valence-corrected chi connectivity index (χ1v) is 12.3. The molecule has 0 radical (unpaired) electrons. The van der Waals surface area contributed by atoms with Crippen LogP contribution in [0.2, 0.25) is 0 Å². The molecule has 4 aromatic rings. The van der Waals surface area contributed by atoms with Crippen molar-refractivity contribution in [2.75, 3.05) is 31.0 Å². The molecule has 0 atom stereocenters. The Balaban J connectivity index is 1.29. The van der Waals surface area contributed by atoms with Crippen LogP contribution < -0.4 is 20.1 Å². The van der Waals surface area contributed by atoms with Crippen molar-refractivity contribution in [2.24, 2.45) is 0 Å². The van der Waals surface area contributed by atoms with Gasteiger partial charge in [0.25, 0.3) is 0 Å². The second-order valence-electron chi connectivity index (χ2n) is 8.27. The van der Waals surface area contributed by atoms with Gasteiger partial charge in [-0.2, -0.15) is 0 Å². The summed E-state index contributed by atoms with van der Waals surface area (Å²) in [5.41, 5.74) is 1.83. The monoisotopic (exact) mass is 519 g/mol. The predicted octanol–water partition coefficient (Wildman–Crippen LogP) is 6.72. The molecule has 37 heavy (non-hydrogen) atoms. The molecule has 2 aromatic heterocycles. The molecule has 9 nitrogen and oxygen atoms in total. The van der Waals surface area contributed by atoms with E-state index in [2.05, 4.69) is 25.4 Å². The summed E-state index contributed by atoms with van der Waals surface area (Å²) in [6, 6.07) is 8.45. The second-order valence-corrected chi connectivity index (χ2v) is 9.13. The van der Waals surface area contributed by atoms with Crippen LogP contribution in [0.25, 0.3) is 15.7 Å². The highest BCUT2D eigenvalue weighted by molar-refractivity contribution is 7.14. The molecule has 1 saturated carbocycles. The largest absolute Gasteiger partial charge is 0.502 e. The number of hydrogen-bond donors (Lipinski definition) is 2. The molecule has 2 aromatic carbocycles. The molecule has 0 spiro atoms. The van der Waals surface area contributed by atoms with Crippen LogP contribution >= 0.6 is 11.3 Å². The average molecular weight is 520 g/mol. The Morgan fingerprint density at radius 1 is 1.19 bits per heavy atom. The van der Waals surface area contributed by atoms with Gasteiger partial charge in [0.15, 0.2) is 5.13 Å². The highest BCUT2D eigenvalue weighted by Crippen LogP contribution is 2.41. The van der Waals surface area contributed by atoms with Gasteiger partial charge in [-0.15, -0.1) is 11.3 Å². The van der Waals surface area contributed by atoms with E-state index in [4.69, 9.17) is 20.8 Å². The topological polar surface area (TPSA) is 99.0 Å². The maximum absolute atomic E-state index is 14.8. The molecule has 5 rings (SSSR count). The van der Waals surface area contributed by atoms with Gasteiger partial charge >= 0.3 is 6.03 Å². The van der Waals surface area contributed by atoms with Crippen molar-refractivity contribution in [3.63, 3.8) is 0 Å². The Labute approximate surface area is 216 Å². The lowest BCUT2D eigenvalue weighted by atomic mass is 10.1. The minimum absolute atomic E-state index is 0.00319. The normalized spacial score (nSPS) is 12.7. The number of nitrogens with zero attached hydrogens (tertiary/aromatic N) is 3. The van der Waals surface area contributed by atoms with E-state index < -0.39 is 11.8 Å². The van der Waals surface area contributed by atoms with Gasteiger partial charge in [-0.05, 0) is 43.2 Å². The molecular formula is C26H22FN5O4S. The molecule has 2 N–H and O–H groups in total. The van der Waals surface area contributed by atoms with Crippen LogP contribution in [0.5, 0.6) is 17.2 Å². The van der Waals surface area contributed by atoms with Crippen LogP contribution in [0.15, 0.2) is 48.0 Å². The standard InChI is InChI=1S/C26H22FN5O4S/c1-28-21-12-17-20(13-24(21)35-10-9-34-2)29-8-7-23(17)36-16-5-6-19(18(27)11-16)30-25(33)32-26-31-22(14-37-26)15-3-4-15/h5-8,11-15H,3-4,9-10H2,2H3,(H2,30,31,32,33). The lowest BCUT2D eigenvalue weighted by molar-refractivity contribution is 0.147. The predicted molar refractivity (Wildman–Crippen MR) is 139 cm³/mol. The number of carbonyl (C=O) groups is 1. The number of thiazole rings is 1. The van der Waals surface area contributed by atoms with Gasteiger partial charge in [-0.3, -0.25) is 10.3 Å². The molecule has 1 aliphatic rings. The Bertz CT molecular complexity index is 1500. The summed E-state index contributed by atoms with van der Waals surface area (Å²) in [5, 5.41) is 8.10. The van der Waals surface area contributed by atoms with Gasteiger partial charge in [-0.25, -0.2) is 19.0 Å². The van der Waals surface area contributed by atoms with Crippen molar-refractivity contribution < 1.29 is 23.4 Å². The first-order chi connectivity index (χ1) is 18.0. The third-order valence-corrected chi connectivity index (χ3v) is 6.38. The quantitative estimate of drug-likeness (QED) is 0.188. The zero-order chi connectivity index (χ0) is 25.8. The smallest absolute Gasteiger partial charge is 0.325 e. The van der Waals surface area contributed by atoms with Gasteiger partial charge in [0.2, 0.25) is 5.69 Å². The van der Waals surface area contributed by atoms with Crippen molar-refractivity contribution in [3.05, 3.63) is 70.9 Å². The van der Waals surface area contributed by atoms with E-state index >= 15 is 0 Å². The van der Waals surface area contributed by atoms with Crippen LogP contribution in [0.4, 0.5) is 25.7 Å². The van der Waals surface area contributed by atoms with Crippen LogP contribution in [0, 0.1) is 12.4 Å². The van der Waals surface area contributed by atoms with Gasteiger partial charge in [-0.1, -0.05) is 0 Å². The first kappa shape index (κ1) is 24.4. The lowest BCUT2D eigenvalue weighted by Gasteiger charge is -2.13. The number of nitrogens with one attached hydrogen (secondary N) is 2. The number of amides is 2. The average Bonchev–Trinajstić information content (AvgIpc) is 3.64. The molecule has 1 aliphatic carbocycles. The summed E-state index contributed by atoms with van der Waals surface area (Å²) < 4.78 is 31.3. The van der Waals surface area contributed by atoms with E-state index in [9.17, 15) is 9.18 Å². The molecular weight excluding hydrogens is 497 g/mol. The Kier molecular flexibility index (Phi) is 7.11. The van der Waals surface area contributed by atoms with E-state index in [1.54, 1.807) is 31.5 Å². The van der Waals surface area contributed by atoms with Gasteiger partial charge in [0.05, 0.1) is 30.1 Å². The molecule has 188 valence electrons. The molecule has 0 unspecified atom stereocenters. The van der Waals surface area contributed by atoms with Gasteiger partial charge < -0.3 is 19.5 Å². The number of methoxy groups -OCH3 is 1. The van der Waals surface area contributed by atoms with Gasteiger partial charge in [0.1, 0.15) is 29.7 Å². The number of carbonyl (C=O) groups excluding carboxylic acids is 1. The molecule has 2 amide bonds. The third kappa shape index (κ3) is 5.77. The van der Waals surface area contributed by atoms with E-state index in [-0.39, 0.29) is 11.4 Å². The van der Waals surface area contributed by atoms with Crippen molar-refractivity contribution in [3.8, 4) is 17.2 Å². The number of anilines is 2. The van der Waals surface area contributed by atoms with E-state index in [0.29, 0.717) is 52.4 Å². The number of rotatable bonds is 9.